The van der Waals surface area contributed by atoms with E-state index in [0.29, 0.717) is 18.9 Å². The van der Waals surface area contributed by atoms with Gasteiger partial charge in [0.1, 0.15) is 12.6 Å². The molecule has 142 valence electrons. The number of hydrogen-bond acceptors (Lipinski definition) is 6. The van der Waals surface area contributed by atoms with E-state index in [1.54, 1.807) is 19.0 Å². The molecule has 27 heavy (non-hydrogen) atoms. The molecule has 2 aliphatic heterocycles. The van der Waals surface area contributed by atoms with Crippen molar-refractivity contribution in [2.45, 2.75) is 37.6 Å². The standard InChI is InChI=1S/C18H22N6O3/c1-22(2)18(26)14-10-15-13(8-9-27-15)24(14)16(25)11-23-20-17(19-21-23)12-6-4-3-5-7-12/h3-7,13-15H,8-11H2,1-2H3/t13-,14?,15-/m0/s1. The van der Waals surface area contributed by atoms with Crippen LogP contribution < -0.4 is 0 Å². The van der Waals surface area contributed by atoms with Crippen molar-refractivity contribution in [3.8, 4) is 11.4 Å². The second kappa shape index (κ2) is 7.07. The number of likely N-dealkylation sites (N-methyl/N-ethyl adjacent to an activating group) is 1. The Morgan fingerprint density at radius 3 is 2.78 bits per heavy atom. The van der Waals surface area contributed by atoms with Crippen LogP contribution in [0.1, 0.15) is 12.8 Å². The first-order valence-electron chi connectivity index (χ1n) is 9.02. The Balaban J connectivity index is 1.52. The summed E-state index contributed by atoms with van der Waals surface area (Å²) in [6.07, 6.45) is 1.20. The zero-order valence-corrected chi connectivity index (χ0v) is 15.4. The molecule has 0 aliphatic carbocycles. The van der Waals surface area contributed by atoms with Gasteiger partial charge < -0.3 is 14.5 Å². The van der Waals surface area contributed by atoms with E-state index in [4.69, 9.17) is 4.74 Å². The summed E-state index contributed by atoms with van der Waals surface area (Å²) >= 11 is 0. The first-order chi connectivity index (χ1) is 13.0. The van der Waals surface area contributed by atoms with Crippen LogP contribution in [0.2, 0.25) is 0 Å². The van der Waals surface area contributed by atoms with Gasteiger partial charge in [-0.3, -0.25) is 9.59 Å². The monoisotopic (exact) mass is 370 g/mol. The molecule has 3 heterocycles. The number of carbonyl (C=O) groups excluding carboxylic acids is 2. The molecule has 2 saturated heterocycles. The molecule has 2 aromatic rings. The van der Waals surface area contributed by atoms with Gasteiger partial charge in [-0.05, 0) is 11.6 Å². The number of aromatic nitrogens is 4. The van der Waals surface area contributed by atoms with E-state index < -0.39 is 6.04 Å². The third kappa shape index (κ3) is 3.30. The van der Waals surface area contributed by atoms with Crippen LogP contribution in [0, 0.1) is 0 Å². The highest BCUT2D eigenvalue weighted by Gasteiger charge is 2.50. The quantitative estimate of drug-likeness (QED) is 0.763. The van der Waals surface area contributed by atoms with Crippen LogP contribution in [0.25, 0.3) is 11.4 Å². The van der Waals surface area contributed by atoms with Gasteiger partial charge in [-0.15, -0.1) is 10.2 Å². The van der Waals surface area contributed by atoms with E-state index in [1.807, 2.05) is 30.3 Å². The number of hydrogen-bond donors (Lipinski definition) is 0. The molecule has 0 spiro atoms. The molecule has 0 saturated carbocycles. The fourth-order valence-electron chi connectivity index (χ4n) is 3.84. The lowest BCUT2D eigenvalue weighted by molar-refractivity contribution is -0.144. The summed E-state index contributed by atoms with van der Waals surface area (Å²) in [6, 6.07) is 8.90. The van der Waals surface area contributed by atoms with Crippen LogP contribution in [0.4, 0.5) is 0 Å². The fraction of sp³-hybridized carbons (Fsp3) is 0.500. The summed E-state index contributed by atoms with van der Waals surface area (Å²) in [5, 5.41) is 12.3. The SMILES string of the molecule is CN(C)C(=O)C1C[C@@H]2OCC[C@@H]2N1C(=O)Cn1nnc(-c2ccccc2)n1. The lowest BCUT2D eigenvalue weighted by Crippen LogP contribution is -2.49. The summed E-state index contributed by atoms with van der Waals surface area (Å²) in [4.78, 5) is 30.0. The van der Waals surface area contributed by atoms with Crippen molar-refractivity contribution in [2.75, 3.05) is 20.7 Å². The number of ether oxygens (including phenoxy) is 1. The minimum absolute atomic E-state index is 0.0553. The zero-order chi connectivity index (χ0) is 19.0. The minimum atomic E-state index is -0.500. The summed E-state index contributed by atoms with van der Waals surface area (Å²) in [7, 11) is 3.40. The second-order valence-corrected chi connectivity index (χ2v) is 7.06. The third-order valence-corrected chi connectivity index (χ3v) is 5.10. The van der Waals surface area contributed by atoms with Crippen LogP contribution >= 0.6 is 0 Å². The predicted molar refractivity (Wildman–Crippen MR) is 95.3 cm³/mol. The molecule has 0 N–H and O–H groups in total. The van der Waals surface area contributed by atoms with Gasteiger partial charge in [0.05, 0.1) is 12.1 Å². The Morgan fingerprint density at radius 2 is 2.04 bits per heavy atom. The third-order valence-electron chi connectivity index (χ3n) is 5.10. The Kier molecular flexibility index (Phi) is 4.61. The zero-order valence-electron chi connectivity index (χ0n) is 15.4. The van der Waals surface area contributed by atoms with Crippen molar-refractivity contribution in [3.63, 3.8) is 0 Å². The van der Waals surface area contributed by atoms with E-state index in [0.717, 1.165) is 12.0 Å². The van der Waals surface area contributed by atoms with Gasteiger partial charge in [0, 0.05) is 32.7 Å². The average molecular weight is 370 g/mol. The number of likely N-dealkylation sites (tertiary alicyclic amines) is 1. The number of fused-ring (bicyclic) bond motifs is 1. The van der Waals surface area contributed by atoms with Crippen molar-refractivity contribution in [3.05, 3.63) is 30.3 Å². The molecule has 4 rings (SSSR count). The molecule has 1 aromatic heterocycles. The Hall–Kier alpha value is -2.81. The highest BCUT2D eigenvalue weighted by atomic mass is 16.5. The normalized spacial score (nSPS) is 24.1. The molecule has 1 aromatic carbocycles. The number of carbonyl (C=O) groups is 2. The van der Waals surface area contributed by atoms with Gasteiger partial charge in [0.2, 0.25) is 17.6 Å². The van der Waals surface area contributed by atoms with E-state index in [1.165, 1.54) is 9.70 Å². The summed E-state index contributed by atoms with van der Waals surface area (Å²) in [5.41, 5.74) is 0.835. The molecule has 2 fully saturated rings. The molecule has 9 heteroatoms. The maximum absolute atomic E-state index is 13.0. The van der Waals surface area contributed by atoms with Crippen LogP contribution in [-0.2, 0) is 20.9 Å². The highest BCUT2D eigenvalue weighted by molar-refractivity contribution is 5.88. The van der Waals surface area contributed by atoms with E-state index in [-0.39, 0.29) is 30.5 Å². The largest absolute Gasteiger partial charge is 0.376 e. The predicted octanol–water partition coefficient (Wildman–Crippen LogP) is 0.187. The van der Waals surface area contributed by atoms with Crippen molar-refractivity contribution in [1.29, 1.82) is 0 Å². The topological polar surface area (TPSA) is 93.5 Å². The summed E-state index contributed by atoms with van der Waals surface area (Å²) in [6.45, 7) is 0.558. The maximum Gasteiger partial charge on any atom is 0.247 e. The van der Waals surface area contributed by atoms with Crippen LogP contribution in [0.15, 0.2) is 30.3 Å². The van der Waals surface area contributed by atoms with Gasteiger partial charge in [-0.1, -0.05) is 30.3 Å². The molecule has 2 aliphatic rings. The highest BCUT2D eigenvalue weighted by Crippen LogP contribution is 2.34. The Morgan fingerprint density at radius 1 is 1.26 bits per heavy atom. The van der Waals surface area contributed by atoms with Crippen LogP contribution in [-0.4, -0.2) is 80.7 Å². The molecule has 1 unspecified atom stereocenters. The van der Waals surface area contributed by atoms with Gasteiger partial charge in [0.25, 0.3) is 0 Å². The average Bonchev–Trinajstić information content (AvgIpc) is 3.37. The number of tetrazole rings is 1. The second-order valence-electron chi connectivity index (χ2n) is 7.06. The summed E-state index contributed by atoms with van der Waals surface area (Å²) < 4.78 is 5.71. The number of benzene rings is 1. The number of rotatable bonds is 4. The van der Waals surface area contributed by atoms with Crippen molar-refractivity contribution < 1.29 is 14.3 Å². The first kappa shape index (κ1) is 17.6. The minimum Gasteiger partial charge on any atom is -0.376 e. The molecule has 9 nitrogen and oxygen atoms in total. The Bertz CT molecular complexity index is 837. The molecular weight excluding hydrogens is 348 g/mol. The van der Waals surface area contributed by atoms with Crippen LogP contribution in [0.3, 0.4) is 0 Å². The molecule has 0 bridgehead atoms. The van der Waals surface area contributed by atoms with E-state index >= 15 is 0 Å². The maximum atomic E-state index is 13.0. The lowest BCUT2D eigenvalue weighted by Gasteiger charge is -2.29. The molecule has 0 radical (unpaired) electrons. The smallest absolute Gasteiger partial charge is 0.247 e. The van der Waals surface area contributed by atoms with E-state index in [9.17, 15) is 9.59 Å². The summed E-state index contributed by atoms with van der Waals surface area (Å²) in [5.74, 6) is 0.191. The van der Waals surface area contributed by atoms with Crippen LogP contribution in [0.5, 0.6) is 0 Å². The number of amides is 2. The fourth-order valence-corrected chi connectivity index (χ4v) is 3.84. The van der Waals surface area contributed by atoms with Gasteiger partial charge in [-0.2, -0.15) is 4.80 Å². The molecular formula is C18H22N6O3. The molecule has 2 amide bonds. The van der Waals surface area contributed by atoms with Gasteiger partial charge in [-0.25, -0.2) is 0 Å². The van der Waals surface area contributed by atoms with Gasteiger partial charge >= 0.3 is 0 Å². The van der Waals surface area contributed by atoms with Crippen molar-refractivity contribution in [1.82, 2.24) is 30.0 Å². The van der Waals surface area contributed by atoms with E-state index in [2.05, 4.69) is 15.4 Å². The Labute approximate surface area is 156 Å². The number of nitrogens with zero attached hydrogens (tertiary/aromatic N) is 6. The van der Waals surface area contributed by atoms with Crippen molar-refractivity contribution in [2.24, 2.45) is 0 Å². The van der Waals surface area contributed by atoms with Gasteiger partial charge in [0.15, 0.2) is 0 Å². The molecule has 3 atom stereocenters. The first-order valence-corrected chi connectivity index (χ1v) is 9.02. The lowest BCUT2D eigenvalue weighted by atomic mass is 10.1. The van der Waals surface area contributed by atoms with Crippen molar-refractivity contribution >= 4 is 11.8 Å².